The SMILES string of the molecule is CNc1cc(C(F)(F)F)cc(-c2ccccc2F)n1. The first-order valence-electron chi connectivity index (χ1n) is 5.44. The van der Waals surface area contributed by atoms with E-state index in [1.165, 1.54) is 25.2 Å². The molecule has 0 aliphatic rings. The third kappa shape index (κ3) is 2.83. The molecule has 2 aromatic rings. The maximum absolute atomic E-state index is 13.6. The van der Waals surface area contributed by atoms with Gasteiger partial charge in [0.2, 0.25) is 0 Å². The topological polar surface area (TPSA) is 24.9 Å². The molecule has 0 radical (unpaired) electrons. The van der Waals surface area contributed by atoms with E-state index in [-0.39, 0.29) is 17.1 Å². The van der Waals surface area contributed by atoms with Crippen LogP contribution in [-0.2, 0) is 6.18 Å². The van der Waals surface area contributed by atoms with Gasteiger partial charge in [0.05, 0.1) is 11.3 Å². The number of anilines is 1. The molecular formula is C13H10F4N2. The lowest BCUT2D eigenvalue weighted by atomic mass is 10.1. The van der Waals surface area contributed by atoms with E-state index >= 15 is 0 Å². The van der Waals surface area contributed by atoms with Gasteiger partial charge in [-0.3, -0.25) is 0 Å². The summed E-state index contributed by atoms with van der Waals surface area (Å²) in [6.07, 6.45) is -4.51. The van der Waals surface area contributed by atoms with Gasteiger partial charge in [0.1, 0.15) is 11.6 Å². The van der Waals surface area contributed by atoms with Crippen molar-refractivity contribution in [3.63, 3.8) is 0 Å². The zero-order valence-electron chi connectivity index (χ0n) is 9.92. The molecular weight excluding hydrogens is 260 g/mol. The minimum absolute atomic E-state index is 0.0325. The summed E-state index contributed by atoms with van der Waals surface area (Å²) in [4.78, 5) is 3.95. The molecule has 1 N–H and O–H groups in total. The highest BCUT2D eigenvalue weighted by Crippen LogP contribution is 2.33. The van der Waals surface area contributed by atoms with E-state index < -0.39 is 17.6 Å². The summed E-state index contributed by atoms with van der Waals surface area (Å²) in [6, 6.07) is 7.28. The molecule has 2 rings (SSSR count). The molecule has 0 aliphatic carbocycles. The number of hydrogen-bond acceptors (Lipinski definition) is 2. The number of benzene rings is 1. The van der Waals surface area contributed by atoms with Crippen molar-refractivity contribution in [3.8, 4) is 11.3 Å². The van der Waals surface area contributed by atoms with E-state index in [1.54, 1.807) is 6.07 Å². The molecule has 0 atom stereocenters. The fourth-order valence-electron chi connectivity index (χ4n) is 1.63. The zero-order chi connectivity index (χ0) is 14.0. The Morgan fingerprint density at radius 1 is 1.11 bits per heavy atom. The summed E-state index contributed by atoms with van der Waals surface area (Å²) in [5, 5.41) is 2.54. The van der Waals surface area contributed by atoms with Crippen molar-refractivity contribution < 1.29 is 17.6 Å². The molecule has 0 spiro atoms. The van der Waals surface area contributed by atoms with Crippen LogP contribution in [0, 0.1) is 5.82 Å². The van der Waals surface area contributed by atoms with Crippen LogP contribution in [0.4, 0.5) is 23.4 Å². The maximum Gasteiger partial charge on any atom is 0.416 e. The molecule has 0 amide bonds. The lowest BCUT2D eigenvalue weighted by Gasteiger charge is -2.11. The monoisotopic (exact) mass is 270 g/mol. The Hall–Kier alpha value is -2.11. The number of alkyl halides is 3. The smallest absolute Gasteiger partial charge is 0.373 e. The molecule has 0 saturated carbocycles. The third-order valence-corrected chi connectivity index (χ3v) is 2.56. The second-order valence-electron chi connectivity index (χ2n) is 3.85. The van der Waals surface area contributed by atoms with Crippen molar-refractivity contribution in [1.29, 1.82) is 0 Å². The first-order chi connectivity index (χ1) is 8.91. The fourth-order valence-corrected chi connectivity index (χ4v) is 1.63. The molecule has 0 bridgehead atoms. The van der Waals surface area contributed by atoms with Crippen LogP contribution in [0.5, 0.6) is 0 Å². The van der Waals surface area contributed by atoms with Crippen LogP contribution in [0.2, 0.25) is 0 Å². The first kappa shape index (κ1) is 13.3. The van der Waals surface area contributed by atoms with E-state index in [0.717, 1.165) is 12.1 Å². The zero-order valence-corrected chi connectivity index (χ0v) is 9.92. The van der Waals surface area contributed by atoms with Gasteiger partial charge >= 0.3 is 6.18 Å². The number of halogens is 4. The summed E-state index contributed by atoms with van der Waals surface area (Å²) in [7, 11) is 1.45. The molecule has 1 heterocycles. The van der Waals surface area contributed by atoms with Crippen molar-refractivity contribution in [3.05, 3.63) is 47.8 Å². The Labute approximate surface area is 107 Å². The van der Waals surface area contributed by atoms with Crippen LogP contribution in [0.15, 0.2) is 36.4 Å². The standard InChI is InChI=1S/C13H10F4N2/c1-18-12-7-8(13(15,16)17)6-11(19-12)9-4-2-3-5-10(9)14/h2-7H,1H3,(H,18,19). The van der Waals surface area contributed by atoms with Crippen molar-refractivity contribution in [2.45, 2.75) is 6.18 Å². The van der Waals surface area contributed by atoms with E-state index in [0.29, 0.717) is 0 Å². The third-order valence-electron chi connectivity index (χ3n) is 2.56. The molecule has 1 aromatic heterocycles. The highest BCUT2D eigenvalue weighted by atomic mass is 19.4. The maximum atomic E-state index is 13.6. The summed E-state index contributed by atoms with van der Waals surface area (Å²) >= 11 is 0. The predicted octanol–water partition coefficient (Wildman–Crippen LogP) is 3.95. The summed E-state index contributed by atoms with van der Waals surface area (Å²) in [5.41, 5.74) is -0.896. The van der Waals surface area contributed by atoms with Gasteiger partial charge in [-0.15, -0.1) is 0 Å². The van der Waals surface area contributed by atoms with Gasteiger partial charge in [0, 0.05) is 12.6 Å². The normalized spacial score (nSPS) is 11.4. The molecule has 0 aliphatic heterocycles. The molecule has 0 saturated heterocycles. The minimum atomic E-state index is -4.51. The molecule has 19 heavy (non-hydrogen) atoms. The van der Waals surface area contributed by atoms with Gasteiger partial charge in [-0.25, -0.2) is 9.37 Å². The Morgan fingerprint density at radius 3 is 2.37 bits per heavy atom. The van der Waals surface area contributed by atoms with E-state index in [4.69, 9.17) is 0 Å². The van der Waals surface area contributed by atoms with Crippen LogP contribution in [0.1, 0.15) is 5.56 Å². The van der Waals surface area contributed by atoms with Gasteiger partial charge in [-0.05, 0) is 24.3 Å². The summed E-state index contributed by atoms with van der Waals surface area (Å²) in [5.74, 6) is -0.579. The van der Waals surface area contributed by atoms with Crippen LogP contribution < -0.4 is 5.32 Å². The number of aromatic nitrogens is 1. The number of pyridine rings is 1. The van der Waals surface area contributed by atoms with E-state index in [1.807, 2.05) is 0 Å². The second-order valence-corrected chi connectivity index (χ2v) is 3.85. The highest BCUT2D eigenvalue weighted by molar-refractivity contribution is 5.63. The van der Waals surface area contributed by atoms with E-state index in [2.05, 4.69) is 10.3 Å². The number of rotatable bonds is 2. The molecule has 0 unspecified atom stereocenters. The second kappa shape index (κ2) is 4.87. The van der Waals surface area contributed by atoms with Crippen molar-refractivity contribution in [2.24, 2.45) is 0 Å². The van der Waals surface area contributed by atoms with Crippen molar-refractivity contribution >= 4 is 5.82 Å². The van der Waals surface area contributed by atoms with E-state index in [9.17, 15) is 17.6 Å². The Kier molecular flexibility index (Phi) is 3.42. The predicted molar refractivity (Wildman–Crippen MR) is 64.2 cm³/mol. The lowest BCUT2D eigenvalue weighted by Crippen LogP contribution is -2.07. The van der Waals surface area contributed by atoms with Crippen molar-refractivity contribution in [2.75, 3.05) is 12.4 Å². The summed E-state index contributed by atoms with van der Waals surface area (Å²) in [6.45, 7) is 0. The molecule has 1 aromatic carbocycles. The first-order valence-corrected chi connectivity index (χ1v) is 5.44. The fraction of sp³-hybridized carbons (Fsp3) is 0.154. The van der Waals surface area contributed by atoms with Gasteiger partial charge in [-0.2, -0.15) is 13.2 Å². The van der Waals surface area contributed by atoms with Gasteiger partial charge in [0.25, 0.3) is 0 Å². The van der Waals surface area contributed by atoms with Crippen LogP contribution in [0.3, 0.4) is 0 Å². The largest absolute Gasteiger partial charge is 0.416 e. The van der Waals surface area contributed by atoms with Crippen LogP contribution in [0.25, 0.3) is 11.3 Å². The molecule has 100 valence electrons. The van der Waals surface area contributed by atoms with Crippen LogP contribution in [-0.4, -0.2) is 12.0 Å². The Bertz CT molecular complexity index is 593. The summed E-state index contributed by atoms with van der Waals surface area (Å²) < 4.78 is 51.9. The van der Waals surface area contributed by atoms with Crippen LogP contribution >= 0.6 is 0 Å². The number of nitrogens with one attached hydrogen (secondary N) is 1. The number of hydrogen-bond donors (Lipinski definition) is 1. The van der Waals surface area contributed by atoms with Crippen molar-refractivity contribution in [1.82, 2.24) is 4.98 Å². The molecule has 2 nitrogen and oxygen atoms in total. The molecule has 0 fully saturated rings. The molecule has 6 heteroatoms. The van der Waals surface area contributed by atoms with Gasteiger partial charge < -0.3 is 5.32 Å². The average Bonchev–Trinajstić information content (AvgIpc) is 2.37. The Morgan fingerprint density at radius 2 is 1.79 bits per heavy atom. The highest BCUT2D eigenvalue weighted by Gasteiger charge is 2.31. The average molecular weight is 270 g/mol. The Balaban J connectivity index is 2.61. The minimum Gasteiger partial charge on any atom is -0.373 e. The van der Waals surface area contributed by atoms with Gasteiger partial charge in [0.15, 0.2) is 0 Å². The number of nitrogens with zero attached hydrogens (tertiary/aromatic N) is 1. The lowest BCUT2D eigenvalue weighted by molar-refractivity contribution is -0.137. The quantitative estimate of drug-likeness (QED) is 0.836. The van der Waals surface area contributed by atoms with Gasteiger partial charge in [-0.1, -0.05) is 12.1 Å².